The van der Waals surface area contributed by atoms with Crippen molar-refractivity contribution in [3.8, 4) is 5.75 Å². The summed E-state index contributed by atoms with van der Waals surface area (Å²) in [6.45, 7) is 6.48. The van der Waals surface area contributed by atoms with Crippen LogP contribution in [0.5, 0.6) is 5.75 Å². The number of benzene rings is 2. The highest BCUT2D eigenvalue weighted by molar-refractivity contribution is 6.06. The number of carbonyl (C=O) groups excluding carboxylic acids is 1. The third-order valence-corrected chi connectivity index (χ3v) is 3.75. The number of hydrogen-bond donors (Lipinski definition) is 1. The van der Waals surface area contributed by atoms with Crippen LogP contribution in [0.4, 0.5) is 11.4 Å². The van der Waals surface area contributed by atoms with Crippen molar-refractivity contribution in [1.82, 2.24) is 0 Å². The molecule has 0 fully saturated rings. The van der Waals surface area contributed by atoms with Crippen molar-refractivity contribution in [2.45, 2.75) is 27.2 Å². The van der Waals surface area contributed by atoms with Crippen LogP contribution in [0.1, 0.15) is 36.2 Å². The Morgan fingerprint density at radius 2 is 1.96 bits per heavy atom. The van der Waals surface area contributed by atoms with Gasteiger partial charge < -0.3 is 10.1 Å². The Hall–Kier alpha value is -2.89. The first kappa shape index (κ1) is 18.4. The molecule has 0 aromatic heterocycles. The molecule has 0 bridgehead atoms. The Morgan fingerprint density at radius 3 is 2.60 bits per heavy atom. The number of aryl methyl sites for hydroxylation is 1. The molecule has 2 aromatic rings. The second kappa shape index (κ2) is 8.28. The Bertz CT molecular complexity index is 772. The summed E-state index contributed by atoms with van der Waals surface area (Å²) < 4.78 is 5.74. The molecule has 0 heterocycles. The average molecular weight is 342 g/mol. The molecule has 0 saturated heterocycles. The van der Waals surface area contributed by atoms with Crippen LogP contribution < -0.4 is 10.1 Å². The summed E-state index contributed by atoms with van der Waals surface area (Å²) in [4.78, 5) is 22.9. The molecule has 0 saturated carbocycles. The first-order valence-electron chi connectivity index (χ1n) is 8.16. The first-order valence-corrected chi connectivity index (χ1v) is 8.16. The fraction of sp³-hybridized carbons (Fsp3) is 0.316. The van der Waals surface area contributed by atoms with Crippen molar-refractivity contribution in [2.75, 3.05) is 11.9 Å². The maximum absolute atomic E-state index is 12.6. The largest absolute Gasteiger partial charge is 0.493 e. The van der Waals surface area contributed by atoms with Crippen molar-refractivity contribution < 1.29 is 14.5 Å². The molecular weight excluding hydrogens is 320 g/mol. The minimum atomic E-state index is -0.462. The summed E-state index contributed by atoms with van der Waals surface area (Å²) in [5, 5.41) is 13.6. The zero-order valence-corrected chi connectivity index (χ0v) is 14.6. The Balaban J connectivity index is 2.14. The van der Waals surface area contributed by atoms with Gasteiger partial charge in [0.05, 0.1) is 17.1 Å². The van der Waals surface area contributed by atoms with E-state index >= 15 is 0 Å². The van der Waals surface area contributed by atoms with Gasteiger partial charge in [-0.2, -0.15) is 0 Å². The van der Waals surface area contributed by atoms with Gasteiger partial charge in [-0.15, -0.1) is 0 Å². The summed E-state index contributed by atoms with van der Waals surface area (Å²) >= 11 is 0. The lowest BCUT2D eigenvalue weighted by Gasteiger charge is -2.13. The second-order valence-electron chi connectivity index (χ2n) is 6.24. The van der Waals surface area contributed by atoms with E-state index in [1.54, 1.807) is 25.1 Å². The monoisotopic (exact) mass is 342 g/mol. The van der Waals surface area contributed by atoms with E-state index in [2.05, 4.69) is 19.2 Å². The van der Waals surface area contributed by atoms with Gasteiger partial charge in [-0.3, -0.25) is 14.9 Å². The summed E-state index contributed by atoms with van der Waals surface area (Å²) in [6, 6.07) is 11.4. The van der Waals surface area contributed by atoms with Gasteiger partial charge in [-0.1, -0.05) is 26.0 Å². The van der Waals surface area contributed by atoms with Crippen molar-refractivity contribution in [3.63, 3.8) is 0 Å². The number of nitro benzene ring substituents is 1. The van der Waals surface area contributed by atoms with Gasteiger partial charge >= 0.3 is 0 Å². The number of anilines is 1. The molecule has 0 aliphatic heterocycles. The Morgan fingerprint density at radius 1 is 1.24 bits per heavy atom. The van der Waals surface area contributed by atoms with E-state index in [9.17, 15) is 14.9 Å². The highest BCUT2D eigenvalue weighted by Gasteiger charge is 2.15. The fourth-order valence-electron chi connectivity index (χ4n) is 2.28. The van der Waals surface area contributed by atoms with Crippen LogP contribution in [-0.2, 0) is 0 Å². The lowest BCUT2D eigenvalue weighted by Crippen LogP contribution is -2.15. The number of hydrogen-bond acceptors (Lipinski definition) is 4. The summed E-state index contributed by atoms with van der Waals surface area (Å²) in [7, 11) is 0. The standard InChI is InChI=1S/C19H22N2O4/c1-13(2)10-11-25-18-7-5-4-6-16(18)19(22)20-17-9-8-15(21(23)24)12-14(17)3/h4-9,12-13H,10-11H2,1-3H3,(H,20,22). The van der Waals surface area contributed by atoms with Crippen LogP contribution in [0.25, 0.3) is 0 Å². The highest BCUT2D eigenvalue weighted by Crippen LogP contribution is 2.24. The average Bonchev–Trinajstić information content (AvgIpc) is 2.56. The molecule has 1 N–H and O–H groups in total. The SMILES string of the molecule is Cc1cc([N+](=O)[O-])ccc1NC(=O)c1ccccc1OCCC(C)C. The number of nitrogens with one attached hydrogen (secondary N) is 1. The summed E-state index contributed by atoms with van der Waals surface area (Å²) in [5.41, 5.74) is 1.59. The summed E-state index contributed by atoms with van der Waals surface area (Å²) in [5.74, 6) is 0.737. The maximum atomic E-state index is 12.6. The molecule has 2 aromatic carbocycles. The van der Waals surface area contributed by atoms with Gasteiger partial charge in [-0.25, -0.2) is 0 Å². The number of nitro groups is 1. The molecule has 25 heavy (non-hydrogen) atoms. The molecule has 2 rings (SSSR count). The molecule has 0 aliphatic rings. The molecule has 0 atom stereocenters. The fourth-order valence-corrected chi connectivity index (χ4v) is 2.28. The van der Waals surface area contributed by atoms with Crippen molar-refractivity contribution in [2.24, 2.45) is 5.92 Å². The van der Waals surface area contributed by atoms with Gasteiger partial charge in [0.2, 0.25) is 0 Å². The Kier molecular flexibility index (Phi) is 6.11. The van der Waals surface area contributed by atoms with Crippen LogP contribution in [-0.4, -0.2) is 17.4 Å². The highest BCUT2D eigenvalue weighted by atomic mass is 16.6. The molecule has 0 radical (unpaired) electrons. The normalized spacial score (nSPS) is 10.6. The van der Waals surface area contributed by atoms with Gasteiger partial charge in [0.1, 0.15) is 5.75 Å². The topological polar surface area (TPSA) is 81.5 Å². The van der Waals surface area contributed by atoms with Crippen LogP contribution in [0, 0.1) is 23.0 Å². The molecule has 132 valence electrons. The number of ether oxygens (including phenoxy) is 1. The van der Waals surface area contributed by atoms with Gasteiger partial charge in [0.25, 0.3) is 11.6 Å². The lowest BCUT2D eigenvalue weighted by atomic mass is 10.1. The van der Waals surface area contributed by atoms with Crippen LogP contribution in [0.2, 0.25) is 0 Å². The number of amides is 1. The number of para-hydroxylation sites is 1. The first-order chi connectivity index (χ1) is 11.9. The molecule has 0 spiro atoms. The minimum Gasteiger partial charge on any atom is -0.493 e. The van der Waals surface area contributed by atoms with E-state index in [-0.39, 0.29) is 11.6 Å². The third kappa shape index (κ3) is 5.04. The number of nitrogens with zero attached hydrogens (tertiary/aromatic N) is 1. The van der Waals surface area contributed by atoms with E-state index in [1.807, 2.05) is 6.07 Å². The van der Waals surface area contributed by atoms with Gasteiger partial charge in [0.15, 0.2) is 0 Å². The van der Waals surface area contributed by atoms with Crippen molar-refractivity contribution in [3.05, 3.63) is 63.7 Å². The van der Waals surface area contributed by atoms with Crippen LogP contribution in [0.3, 0.4) is 0 Å². The Labute approximate surface area is 147 Å². The number of rotatable bonds is 7. The van der Waals surface area contributed by atoms with Crippen LogP contribution in [0.15, 0.2) is 42.5 Å². The second-order valence-corrected chi connectivity index (χ2v) is 6.24. The van der Waals surface area contributed by atoms with Gasteiger partial charge in [-0.05, 0) is 43.0 Å². The van der Waals surface area contributed by atoms with Crippen LogP contribution >= 0.6 is 0 Å². The van der Waals surface area contributed by atoms with E-state index < -0.39 is 4.92 Å². The van der Waals surface area contributed by atoms with Gasteiger partial charge in [0, 0.05) is 17.8 Å². The summed E-state index contributed by atoms with van der Waals surface area (Å²) in [6.07, 6.45) is 0.900. The maximum Gasteiger partial charge on any atom is 0.269 e. The minimum absolute atomic E-state index is 0.00656. The smallest absolute Gasteiger partial charge is 0.269 e. The van der Waals surface area contributed by atoms with Crippen molar-refractivity contribution >= 4 is 17.3 Å². The zero-order chi connectivity index (χ0) is 18.4. The van der Waals surface area contributed by atoms with Crippen molar-refractivity contribution in [1.29, 1.82) is 0 Å². The molecule has 1 amide bonds. The quantitative estimate of drug-likeness (QED) is 0.590. The molecule has 6 heteroatoms. The predicted octanol–water partition coefficient (Wildman–Crippen LogP) is 4.58. The lowest BCUT2D eigenvalue weighted by molar-refractivity contribution is -0.384. The molecule has 0 unspecified atom stereocenters. The van der Waals surface area contributed by atoms with E-state index in [0.29, 0.717) is 35.1 Å². The van der Waals surface area contributed by atoms with E-state index in [0.717, 1.165) is 6.42 Å². The zero-order valence-electron chi connectivity index (χ0n) is 14.6. The third-order valence-electron chi connectivity index (χ3n) is 3.75. The van der Waals surface area contributed by atoms with E-state index in [4.69, 9.17) is 4.74 Å². The number of non-ortho nitro benzene ring substituents is 1. The molecule has 0 aliphatic carbocycles. The number of carbonyl (C=O) groups is 1. The predicted molar refractivity (Wildman–Crippen MR) is 97.2 cm³/mol. The molecular formula is C19H22N2O4. The molecule has 6 nitrogen and oxygen atoms in total. The van der Waals surface area contributed by atoms with E-state index in [1.165, 1.54) is 18.2 Å².